The smallest absolute Gasteiger partial charge is 0.255 e. The zero-order chi connectivity index (χ0) is 13.2. The van der Waals surface area contributed by atoms with E-state index >= 15 is 0 Å². The number of rotatable bonds is 3. The summed E-state index contributed by atoms with van der Waals surface area (Å²) < 4.78 is 13.6. The van der Waals surface area contributed by atoms with Gasteiger partial charge in [-0.05, 0) is 48.3 Å². The van der Waals surface area contributed by atoms with Crippen molar-refractivity contribution < 1.29 is 9.18 Å². The monoisotopic (exact) mass is 301 g/mol. The van der Waals surface area contributed by atoms with Gasteiger partial charge < -0.3 is 4.90 Å². The maximum atomic E-state index is 13.4. The van der Waals surface area contributed by atoms with E-state index in [0.717, 1.165) is 6.42 Å². The highest BCUT2D eigenvalue weighted by molar-refractivity contribution is 9.10. The standard InChI is InChI=1S/C13H17BrFNO/c1-5-13(2,3)16(4)12(17)9-7-6-8-10(15)11(9)14/h6-8H,5H2,1-4H3. The van der Waals surface area contributed by atoms with Gasteiger partial charge in [0.1, 0.15) is 5.82 Å². The average Bonchev–Trinajstić information content (AvgIpc) is 2.30. The van der Waals surface area contributed by atoms with Crippen molar-refractivity contribution in [1.29, 1.82) is 0 Å². The first-order valence-electron chi connectivity index (χ1n) is 5.53. The third-order valence-corrected chi connectivity index (χ3v) is 4.07. The van der Waals surface area contributed by atoms with Crippen LogP contribution in [0.5, 0.6) is 0 Å². The zero-order valence-electron chi connectivity index (χ0n) is 10.6. The van der Waals surface area contributed by atoms with E-state index in [1.54, 1.807) is 24.1 Å². The molecule has 0 saturated carbocycles. The van der Waals surface area contributed by atoms with E-state index in [0.29, 0.717) is 5.56 Å². The van der Waals surface area contributed by atoms with Gasteiger partial charge in [0.2, 0.25) is 0 Å². The first-order chi connectivity index (χ1) is 7.81. The van der Waals surface area contributed by atoms with Crippen molar-refractivity contribution in [1.82, 2.24) is 4.90 Å². The van der Waals surface area contributed by atoms with Crippen molar-refractivity contribution in [2.45, 2.75) is 32.7 Å². The second-order valence-electron chi connectivity index (χ2n) is 4.63. The van der Waals surface area contributed by atoms with Crippen LogP contribution < -0.4 is 0 Å². The van der Waals surface area contributed by atoms with Crippen LogP contribution in [-0.2, 0) is 0 Å². The Morgan fingerprint density at radius 2 is 2.06 bits per heavy atom. The summed E-state index contributed by atoms with van der Waals surface area (Å²) in [6, 6.07) is 4.49. The topological polar surface area (TPSA) is 20.3 Å². The lowest BCUT2D eigenvalue weighted by Crippen LogP contribution is -2.44. The summed E-state index contributed by atoms with van der Waals surface area (Å²) in [5.74, 6) is -0.596. The van der Waals surface area contributed by atoms with E-state index in [-0.39, 0.29) is 15.9 Å². The van der Waals surface area contributed by atoms with Crippen LogP contribution in [0.2, 0.25) is 0 Å². The molecule has 4 heteroatoms. The number of carbonyl (C=O) groups is 1. The first-order valence-corrected chi connectivity index (χ1v) is 6.32. The molecule has 0 unspecified atom stereocenters. The lowest BCUT2D eigenvalue weighted by atomic mass is 9.99. The average molecular weight is 302 g/mol. The predicted molar refractivity (Wildman–Crippen MR) is 70.6 cm³/mol. The molecule has 2 nitrogen and oxygen atoms in total. The summed E-state index contributed by atoms with van der Waals surface area (Å²) in [5, 5.41) is 0. The predicted octanol–water partition coefficient (Wildman–Crippen LogP) is 3.85. The van der Waals surface area contributed by atoms with Crippen molar-refractivity contribution in [2.75, 3.05) is 7.05 Å². The minimum atomic E-state index is -0.418. The highest BCUT2D eigenvalue weighted by atomic mass is 79.9. The highest BCUT2D eigenvalue weighted by Gasteiger charge is 2.27. The van der Waals surface area contributed by atoms with E-state index in [9.17, 15) is 9.18 Å². The number of amides is 1. The Balaban J connectivity index is 3.09. The van der Waals surface area contributed by atoms with Crippen molar-refractivity contribution in [2.24, 2.45) is 0 Å². The normalized spacial score (nSPS) is 11.4. The van der Waals surface area contributed by atoms with E-state index in [1.165, 1.54) is 6.07 Å². The first kappa shape index (κ1) is 14.2. The molecule has 0 saturated heterocycles. The number of hydrogen-bond acceptors (Lipinski definition) is 1. The molecule has 0 aliphatic heterocycles. The lowest BCUT2D eigenvalue weighted by molar-refractivity contribution is 0.0618. The molecule has 1 aromatic carbocycles. The van der Waals surface area contributed by atoms with Gasteiger partial charge in [0, 0.05) is 12.6 Å². The number of carbonyl (C=O) groups excluding carboxylic acids is 1. The van der Waals surface area contributed by atoms with E-state index in [1.807, 2.05) is 20.8 Å². The van der Waals surface area contributed by atoms with Crippen LogP contribution in [0.1, 0.15) is 37.6 Å². The number of nitrogens with zero attached hydrogens (tertiary/aromatic N) is 1. The number of halogens is 2. The molecule has 0 bridgehead atoms. The van der Waals surface area contributed by atoms with Crippen LogP contribution >= 0.6 is 15.9 Å². The molecule has 0 spiro atoms. The molecule has 94 valence electrons. The highest BCUT2D eigenvalue weighted by Crippen LogP contribution is 2.25. The second-order valence-corrected chi connectivity index (χ2v) is 5.42. The quantitative estimate of drug-likeness (QED) is 0.830. The van der Waals surface area contributed by atoms with Crippen molar-refractivity contribution >= 4 is 21.8 Å². The van der Waals surface area contributed by atoms with Crippen LogP contribution in [0.25, 0.3) is 0 Å². The zero-order valence-corrected chi connectivity index (χ0v) is 12.1. The molecule has 0 aromatic heterocycles. The fourth-order valence-corrected chi connectivity index (χ4v) is 1.80. The van der Waals surface area contributed by atoms with E-state index < -0.39 is 5.82 Å². The van der Waals surface area contributed by atoms with Gasteiger partial charge in [-0.25, -0.2) is 4.39 Å². The van der Waals surface area contributed by atoms with Crippen molar-refractivity contribution in [3.05, 3.63) is 34.1 Å². The largest absolute Gasteiger partial charge is 0.337 e. The van der Waals surface area contributed by atoms with Gasteiger partial charge in [-0.2, -0.15) is 0 Å². The van der Waals surface area contributed by atoms with Crippen molar-refractivity contribution in [3.8, 4) is 0 Å². The number of benzene rings is 1. The van der Waals surface area contributed by atoms with Crippen LogP contribution in [0, 0.1) is 5.82 Å². The molecule has 0 aliphatic carbocycles. The Hall–Kier alpha value is -0.900. The molecule has 0 N–H and O–H groups in total. The Morgan fingerprint density at radius 3 is 2.59 bits per heavy atom. The molecule has 0 fully saturated rings. The summed E-state index contributed by atoms with van der Waals surface area (Å²) >= 11 is 3.12. The summed E-state index contributed by atoms with van der Waals surface area (Å²) in [6.07, 6.45) is 0.835. The minimum absolute atomic E-state index is 0.178. The van der Waals surface area contributed by atoms with Gasteiger partial charge in [-0.15, -0.1) is 0 Å². The molecular weight excluding hydrogens is 285 g/mol. The lowest BCUT2D eigenvalue weighted by Gasteiger charge is -2.35. The molecule has 0 atom stereocenters. The molecular formula is C13H17BrFNO. The van der Waals surface area contributed by atoms with Gasteiger partial charge in [-0.1, -0.05) is 13.0 Å². The minimum Gasteiger partial charge on any atom is -0.337 e. The molecule has 0 radical (unpaired) electrons. The molecule has 0 heterocycles. The molecule has 1 amide bonds. The van der Waals surface area contributed by atoms with Crippen LogP contribution in [0.3, 0.4) is 0 Å². The number of hydrogen-bond donors (Lipinski definition) is 0. The van der Waals surface area contributed by atoms with Gasteiger partial charge >= 0.3 is 0 Å². The Bertz CT molecular complexity index is 431. The summed E-state index contributed by atoms with van der Waals surface area (Å²) in [6.45, 7) is 5.99. The fraction of sp³-hybridized carbons (Fsp3) is 0.462. The molecule has 17 heavy (non-hydrogen) atoms. The SMILES string of the molecule is CCC(C)(C)N(C)C(=O)c1cccc(F)c1Br. The van der Waals surface area contributed by atoms with Gasteiger partial charge in [0.05, 0.1) is 10.0 Å². The Morgan fingerprint density at radius 1 is 1.47 bits per heavy atom. The van der Waals surface area contributed by atoms with Crippen LogP contribution in [0.4, 0.5) is 4.39 Å². The third kappa shape index (κ3) is 2.86. The van der Waals surface area contributed by atoms with E-state index in [4.69, 9.17) is 0 Å². The van der Waals surface area contributed by atoms with Gasteiger partial charge in [0.15, 0.2) is 0 Å². The van der Waals surface area contributed by atoms with Gasteiger partial charge in [-0.3, -0.25) is 4.79 Å². The maximum absolute atomic E-state index is 13.4. The van der Waals surface area contributed by atoms with Crippen molar-refractivity contribution in [3.63, 3.8) is 0 Å². The van der Waals surface area contributed by atoms with Crippen LogP contribution in [0.15, 0.2) is 22.7 Å². The molecule has 1 rings (SSSR count). The maximum Gasteiger partial charge on any atom is 0.255 e. The molecule has 1 aromatic rings. The van der Waals surface area contributed by atoms with Crippen LogP contribution in [-0.4, -0.2) is 23.4 Å². The summed E-state index contributed by atoms with van der Waals surface area (Å²) in [4.78, 5) is 13.9. The third-order valence-electron chi connectivity index (χ3n) is 3.26. The Kier molecular flexibility index (Phi) is 4.31. The van der Waals surface area contributed by atoms with Gasteiger partial charge in [0.25, 0.3) is 5.91 Å². The Labute approximate surface area is 110 Å². The summed E-state index contributed by atoms with van der Waals surface area (Å²) in [5.41, 5.74) is 0.108. The fourth-order valence-electron chi connectivity index (χ4n) is 1.36. The van der Waals surface area contributed by atoms with E-state index in [2.05, 4.69) is 15.9 Å². The second kappa shape index (κ2) is 5.17. The summed E-state index contributed by atoms with van der Waals surface area (Å²) in [7, 11) is 1.74. The molecule has 0 aliphatic rings.